The van der Waals surface area contributed by atoms with Crippen LogP contribution >= 0.6 is 0 Å². The zero-order valence-corrected chi connectivity index (χ0v) is 13.7. The van der Waals surface area contributed by atoms with Crippen molar-refractivity contribution >= 4 is 22.6 Å². The number of fused-ring (bicyclic) bond motifs is 1. The predicted octanol–water partition coefficient (Wildman–Crippen LogP) is 1.82. The average Bonchev–Trinajstić information content (AvgIpc) is 3.40. The summed E-state index contributed by atoms with van der Waals surface area (Å²) >= 11 is 0. The Labute approximate surface area is 141 Å². The first-order valence-electron chi connectivity index (χ1n) is 8.21. The van der Waals surface area contributed by atoms with Gasteiger partial charge < -0.3 is 15.4 Å². The fraction of sp³-hybridized carbons (Fsp3) is 0.368. The molecule has 0 heterocycles. The Hall–Kier alpha value is -2.40. The maximum absolute atomic E-state index is 12.2. The number of carbonyl (C=O) groups excluding carboxylic acids is 2. The molecule has 0 radical (unpaired) electrons. The van der Waals surface area contributed by atoms with Gasteiger partial charge in [0, 0.05) is 19.6 Å². The number of hydrogen-bond donors (Lipinski definition) is 2. The molecule has 0 aromatic heterocycles. The first kappa shape index (κ1) is 16.5. The highest BCUT2D eigenvalue weighted by atomic mass is 16.5. The Morgan fingerprint density at radius 2 is 1.92 bits per heavy atom. The minimum absolute atomic E-state index is 0.0152. The maximum atomic E-state index is 12.2. The molecule has 0 bridgehead atoms. The molecule has 0 unspecified atom stereocenters. The Kier molecular flexibility index (Phi) is 5.11. The van der Waals surface area contributed by atoms with Gasteiger partial charge in [0.1, 0.15) is 0 Å². The van der Waals surface area contributed by atoms with Crippen molar-refractivity contribution in [2.24, 2.45) is 5.92 Å². The third-order valence-electron chi connectivity index (χ3n) is 4.40. The number of rotatable bonds is 7. The van der Waals surface area contributed by atoms with Crippen molar-refractivity contribution in [3.8, 4) is 0 Å². The van der Waals surface area contributed by atoms with Gasteiger partial charge in [-0.05, 0) is 28.7 Å². The van der Waals surface area contributed by atoms with Gasteiger partial charge in [0.25, 0.3) is 0 Å². The molecule has 24 heavy (non-hydrogen) atoms. The second-order valence-electron chi connectivity index (χ2n) is 6.08. The Morgan fingerprint density at radius 1 is 1.12 bits per heavy atom. The van der Waals surface area contributed by atoms with E-state index in [1.807, 2.05) is 18.2 Å². The first-order chi connectivity index (χ1) is 11.7. The van der Waals surface area contributed by atoms with E-state index in [9.17, 15) is 9.59 Å². The molecule has 5 nitrogen and oxygen atoms in total. The zero-order valence-electron chi connectivity index (χ0n) is 13.7. The highest BCUT2D eigenvalue weighted by Crippen LogP contribution is 2.49. The molecule has 1 saturated carbocycles. The van der Waals surface area contributed by atoms with E-state index in [-0.39, 0.29) is 30.2 Å². The van der Waals surface area contributed by atoms with Crippen molar-refractivity contribution in [3.05, 3.63) is 48.0 Å². The molecule has 0 spiro atoms. The summed E-state index contributed by atoms with van der Waals surface area (Å²) in [4.78, 5) is 23.9. The van der Waals surface area contributed by atoms with E-state index in [2.05, 4.69) is 34.9 Å². The average molecular weight is 326 g/mol. The summed E-state index contributed by atoms with van der Waals surface area (Å²) in [5.74, 6) is -0.0344. The summed E-state index contributed by atoms with van der Waals surface area (Å²) in [6, 6.07) is 14.4. The van der Waals surface area contributed by atoms with Gasteiger partial charge in [-0.2, -0.15) is 0 Å². The molecule has 2 N–H and O–H groups in total. The Balaban J connectivity index is 1.55. The zero-order chi connectivity index (χ0) is 16.9. The van der Waals surface area contributed by atoms with Crippen LogP contribution in [-0.2, 0) is 14.3 Å². The van der Waals surface area contributed by atoms with E-state index in [1.54, 1.807) is 7.11 Å². The molecule has 2 aromatic rings. The molecule has 126 valence electrons. The largest absolute Gasteiger partial charge is 0.383 e. The normalized spacial score (nSPS) is 19.0. The van der Waals surface area contributed by atoms with E-state index < -0.39 is 0 Å². The summed E-state index contributed by atoms with van der Waals surface area (Å²) < 4.78 is 4.86. The van der Waals surface area contributed by atoms with Crippen LogP contribution in [0.5, 0.6) is 0 Å². The minimum Gasteiger partial charge on any atom is -0.383 e. The number of ether oxygens (including phenoxy) is 1. The van der Waals surface area contributed by atoms with Crippen LogP contribution in [-0.4, -0.2) is 38.6 Å². The molecule has 2 amide bonds. The smallest absolute Gasteiger partial charge is 0.239 e. The summed E-state index contributed by atoms with van der Waals surface area (Å²) in [7, 11) is 1.58. The fourth-order valence-electron chi connectivity index (χ4n) is 3.06. The third-order valence-corrected chi connectivity index (χ3v) is 4.40. The van der Waals surface area contributed by atoms with Crippen LogP contribution in [0.1, 0.15) is 17.9 Å². The van der Waals surface area contributed by atoms with Crippen molar-refractivity contribution in [2.75, 3.05) is 26.8 Å². The van der Waals surface area contributed by atoms with E-state index in [1.165, 1.54) is 16.3 Å². The van der Waals surface area contributed by atoms with Gasteiger partial charge in [-0.15, -0.1) is 0 Å². The summed E-state index contributed by atoms with van der Waals surface area (Å²) in [6.07, 6.45) is 0.838. The number of hydrogen-bond acceptors (Lipinski definition) is 3. The number of methoxy groups -OCH3 is 1. The lowest BCUT2D eigenvalue weighted by Gasteiger charge is -2.08. The molecule has 5 heteroatoms. The molecule has 2 aromatic carbocycles. The maximum Gasteiger partial charge on any atom is 0.239 e. The fourth-order valence-corrected chi connectivity index (χ4v) is 3.06. The number of nitrogens with one attached hydrogen (secondary N) is 2. The monoisotopic (exact) mass is 326 g/mol. The number of carbonyl (C=O) groups is 2. The molecule has 1 aliphatic carbocycles. The molecule has 1 fully saturated rings. The van der Waals surface area contributed by atoms with Gasteiger partial charge in [0.2, 0.25) is 11.8 Å². The molecular weight excluding hydrogens is 304 g/mol. The van der Waals surface area contributed by atoms with Gasteiger partial charge in [-0.3, -0.25) is 9.59 Å². The Bertz CT molecular complexity index is 739. The van der Waals surface area contributed by atoms with Crippen LogP contribution in [0.25, 0.3) is 10.8 Å². The highest BCUT2D eigenvalue weighted by Gasteiger charge is 2.44. The SMILES string of the molecule is COCCNC(=O)CNC(=O)[C@@H]1C[C@H]1c1cccc2ccccc12. The van der Waals surface area contributed by atoms with Gasteiger partial charge >= 0.3 is 0 Å². The molecule has 2 atom stereocenters. The molecular formula is C19H22N2O3. The number of amides is 2. The van der Waals surface area contributed by atoms with Crippen molar-refractivity contribution < 1.29 is 14.3 Å². The molecule has 0 aliphatic heterocycles. The highest BCUT2D eigenvalue weighted by molar-refractivity contribution is 5.91. The van der Waals surface area contributed by atoms with Crippen molar-refractivity contribution in [2.45, 2.75) is 12.3 Å². The van der Waals surface area contributed by atoms with Gasteiger partial charge in [0.15, 0.2) is 0 Å². The van der Waals surface area contributed by atoms with Crippen molar-refractivity contribution in [1.82, 2.24) is 10.6 Å². The van der Waals surface area contributed by atoms with Crippen LogP contribution in [0.2, 0.25) is 0 Å². The molecule has 1 aliphatic rings. The van der Waals surface area contributed by atoms with Gasteiger partial charge in [-0.25, -0.2) is 0 Å². The number of benzene rings is 2. The quantitative estimate of drug-likeness (QED) is 0.763. The summed E-state index contributed by atoms with van der Waals surface area (Å²) in [6.45, 7) is 0.931. The third kappa shape index (κ3) is 3.74. The first-order valence-corrected chi connectivity index (χ1v) is 8.21. The lowest BCUT2D eigenvalue weighted by Crippen LogP contribution is -2.38. The summed E-state index contributed by atoms with van der Waals surface area (Å²) in [5.41, 5.74) is 1.22. The van der Waals surface area contributed by atoms with Crippen LogP contribution in [0.3, 0.4) is 0 Å². The van der Waals surface area contributed by atoms with Crippen molar-refractivity contribution in [3.63, 3.8) is 0 Å². The van der Waals surface area contributed by atoms with E-state index in [4.69, 9.17) is 4.74 Å². The predicted molar refractivity (Wildman–Crippen MR) is 92.7 cm³/mol. The summed E-state index contributed by atoms with van der Waals surface area (Å²) in [5, 5.41) is 7.81. The van der Waals surface area contributed by atoms with Crippen LogP contribution in [0.15, 0.2) is 42.5 Å². The molecule has 0 saturated heterocycles. The van der Waals surface area contributed by atoms with Gasteiger partial charge in [0.05, 0.1) is 13.2 Å². The minimum atomic E-state index is -0.192. The lowest BCUT2D eigenvalue weighted by atomic mass is 10.00. The van der Waals surface area contributed by atoms with Gasteiger partial charge in [-0.1, -0.05) is 42.5 Å². The lowest BCUT2D eigenvalue weighted by molar-refractivity contribution is -0.126. The van der Waals surface area contributed by atoms with Crippen molar-refractivity contribution in [1.29, 1.82) is 0 Å². The second-order valence-corrected chi connectivity index (χ2v) is 6.08. The van der Waals surface area contributed by atoms with E-state index in [0.29, 0.717) is 13.2 Å². The van der Waals surface area contributed by atoms with E-state index >= 15 is 0 Å². The Morgan fingerprint density at radius 3 is 2.75 bits per heavy atom. The standard InChI is InChI=1S/C19H22N2O3/c1-24-10-9-20-18(22)12-21-19(23)17-11-16(17)15-8-4-6-13-5-2-3-7-14(13)15/h2-8,16-17H,9-12H2,1H3,(H,20,22)(H,21,23)/t16-,17+/m0/s1. The topological polar surface area (TPSA) is 67.4 Å². The van der Waals surface area contributed by atoms with Crippen LogP contribution in [0.4, 0.5) is 0 Å². The van der Waals surface area contributed by atoms with E-state index in [0.717, 1.165) is 6.42 Å². The second kappa shape index (κ2) is 7.45. The molecule has 3 rings (SSSR count). The van der Waals surface area contributed by atoms with Crippen LogP contribution < -0.4 is 10.6 Å². The van der Waals surface area contributed by atoms with Crippen LogP contribution in [0, 0.1) is 5.92 Å².